The van der Waals surface area contributed by atoms with Crippen LogP contribution in [0.4, 0.5) is 0 Å². The van der Waals surface area contributed by atoms with Gasteiger partial charge in [0, 0.05) is 11.3 Å². The number of allylic oxidation sites excluding steroid dienone is 5. The van der Waals surface area contributed by atoms with Gasteiger partial charge in [0.05, 0.1) is 23.2 Å². The van der Waals surface area contributed by atoms with Crippen LogP contribution in [0.5, 0.6) is 0 Å². The third-order valence-corrected chi connectivity index (χ3v) is 8.45. The molecule has 0 bridgehead atoms. The van der Waals surface area contributed by atoms with Crippen LogP contribution in [0.1, 0.15) is 98.7 Å². The number of ketones is 1. The fraction of sp³-hybridized carbons (Fsp3) is 0.667. The Labute approximate surface area is 213 Å². The summed E-state index contributed by atoms with van der Waals surface area (Å²) >= 11 is 1.70. The zero-order valence-corrected chi connectivity index (χ0v) is 24.4. The third-order valence-electron chi connectivity index (χ3n) is 7.65. The van der Waals surface area contributed by atoms with Crippen molar-refractivity contribution in [1.29, 1.82) is 0 Å². The molecule has 1 aromatic rings. The molecule has 0 saturated heterocycles. The topological polar surface area (TPSA) is 39.2 Å². The Kier molecular flexibility index (Phi) is 12.5. The Bertz CT molecular complexity index is 874. The van der Waals surface area contributed by atoms with Crippen LogP contribution < -0.4 is 0 Å². The lowest BCUT2D eigenvalue weighted by Crippen LogP contribution is -2.36. The van der Waals surface area contributed by atoms with Gasteiger partial charge in [-0.05, 0) is 90.7 Å². The summed E-state index contributed by atoms with van der Waals surface area (Å²) < 4.78 is 5.48. The molecule has 1 rings (SSSR count). The molecule has 0 aliphatic rings. The second-order valence-corrected chi connectivity index (χ2v) is 11.8. The van der Waals surface area contributed by atoms with Crippen molar-refractivity contribution in [3.8, 4) is 0 Å². The number of rotatable bonds is 14. The molecule has 0 aliphatic carbocycles. The van der Waals surface area contributed by atoms with Crippen LogP contribution in [-0.2, 0) is 9.53 Å². The first-order valence-electron chi connectivity index (χ1n) is 12.9. The molecule has 0 spiro atoms. The molecule has 3 nitrogen and oxygen atoms in total. The van der Waals surface area contributed by atoms with Crippen molar-refractivity contribution >= 4 is 23.2 Å². The molecule has 192 valence electrons. The van der Waals surface area contributed by atoms with E-state index in [0.717, 1.165) is 42.1 Å². The molecule has 0 aliphatic heterocycles. The molecule has 0 unspecified atom stereocenters. The highest BCUT2D eigenvalue weighted by molar-refractivity contribution is 7.09. The highest BCUT2D eigenvalue weighted by Crippen LogP contribution is 2.36. The number of thiazole rings is 1. The fourth-order valence-corrected chi connectivity index (χ4v) is 5.18. The maximum atomic E-state index is 13.2. The maximum Gasteiger partial charge on any atom is 0.149 e. The number of methoxy groups -OCH3 is 1. The molecule has 0 amide bonds. The van der Waals surface area contributed by atoms with Gasteiger partial charge in [0.2, 0.25) is 0 Å². The second kappa shape index (κ2) is 14.0. The number of aromatic nitrogens is 1. The third kappa shape index (κ3) is 8.83. The lowest BCUT2D eigenvalue weighted by molar-refractivity contribution is -0.132. The summed E-state index contributed by atoms with van der Waals surface area (Å²) in [5, 5.41) is 3.24. The molecule has 0 fully saturated rings. The summed E-state index contributed by atoms with van der Waals surface area (Å²) in [6, 6.07) is 0. The number of hydrogen-bond donors (Lipinski definition) is 0. The average molecular weight is 488 g/mol. The van der Waals surface area contributed by atoms with Gasteiger partial charge in [-0.3, -0.25) is 4.79 Å². The van der Waals surface area contributed by atoms with E-state index in [-0.39, 0.29) is 11.7 Å². The molecular weight excluding hydrogens is 438 g/mol. The van der Waals surface area contributed by atoms with Gasteiger partial charge in [-0.25, -0.2) is 4.98 Å². The molecule has 0 radical (unpaired) electrons. The second-order valence-electron chi connectivity index (χ2n) is 10.7. The Morgan fingerprint density at radius 2 is 1.85 bits per heavy atom. The maximum absolute atomic E-state index is 13.2. The van der Waals surface area contributed by atoms with E-state index in [9.17, 15) is 4.79 Å². The largest absolute Gasteiger partial charge is 0.500 e. The van der Waals surface area contributed by atoms with Crippen molar-refractivity contribution in [3.05, 3.63) is 45.1 Å². The average Bonchev–Trinajstić information content (AvgIpc) is 3.20. The Morgan fingerprint density at radius 1 is 1.21 bits per heavy atom. The van der Waals surface area contributed by atoms with E-state index in [4.69, 9.17) is 4.74 Å². The summed E-state index contributed by atoms with van der Waals surface area (Å²) in [5.74, 6) is 2.39. The molecule has 4 atom stereocenters. The molecule has 34 heavy (non-hydrogen) atoms. The molecular formula is C30H49NO2S. The van der Waals surface area contributed by atoms with E-state index in [1.165, 1.54) is 11.1 Å². The highest BCUT2D eigenvalue weighted by atomic mass is 32.1. The molecule has 0 N–H and O–H groups in total. The van der Waals surface area contributed by atoms with Crippen LogP contribution in [0.25, 0.3) is 6.08 Å². The number of ether oxygens (including phenoxy) is 1. The van der Waals surface area contributed by atoms with Gasteiger partial charge in [-0.15, -0.1) is 11.3 Å². The summed E-state index contributed by atoms with van der Waals surface area (Å²) in [4.78, 5) is 17.8. The van der Waals surface area contributed by atoms with E-state index in [2.05, 4.69) is 71.0 Å². The van der Waals surface area contributed by atoms with Crippen molar-refractivity contribution in [1.82, 2.24) is 4.98 Å². The van der Waals surface area contributed by atoms with E-state index in [1.54, 1.807) is 18.4 Å². The Balaban J connectivity index is 2.55. The standard InChI is InChI=1S/C30H49NO2S/c1-12-28(33-11)30(9,10)29(32)25(7)24(6)22(4)15-13-14-20(2)16-17-21(3)23(5)18-27-19-34-26(8)31-27/h12,16,18-19,21-22,24-25H,13-15,17H2,1-11H3/b20-16-,23-18+,28-12-/t21-,22-,24-,25+/m0/s1. The van der Waals surface area contributed by atoms with Crippen molar-refractivity contribution in [3.63, 3.8) is 0 Å². The van der Waals surface area contributed by atoms with Gasteiger partial charge in [-0.1, -0.05) is 51.3 Å². The summed E-state index contributed by atoms with van der Waals surface area (Å²) in [6.45, 7) is 21.3. The summed E-state index contributed by atoms with van der Waals surface area (Å²) in [7, 11) is 1.65. The SMILES string of the molecule is C/C=C(\OC)C(C)(C)C(=O)[C@H](C)[C@@H](C)[C@@H](C)CCC/C(C)=C\C[C@H](C)/C(C)=C/c1csc(C)n1. The van der Waals surface area contributed by atoms with E-state index in [1.807, 2.05) is 26.8 Å². The van der Waals surface area contributed by atoms with Crippen molar-refractivity contribution in [2.75, 3.05) is 7.11 Å². The minimum Gasteiger partial charge on any atom is -0.500 e. The predicted octanol–water partition coefficient (Wildman–Crippen LogP) is 9.05. The molecule has 0 saturated carbocycles. The smallest absolute Gasteiger partial charge is 0.149 e. The first-order valence-corrected chi connectivity index (χ1v) is 13.7. The van der Waals surface area contributed by atoms with Gasteiger partial charge < -0.3 is 4.74 Å². The highest BCUT2D eigenvalue weighted by Gasteiger charge is 2.38. The molecule has 4 heteroatoms. The van der Waals surface area contributed by atoms with Crippen LogP contribution in [0.2, 0.25) is 0 Å². The van der Waals surface area contributed by atoms with Gasteiger partial charge >= 0.3 is 0 Å². The van der Waals surface area contributed by atoms with Crippen LogP contribution in [0.15, 0.2) is 34.4 Å². The molecule has 0 aromatic carbocycles. The van der Waals surface area contributed by atoms with Crippen molar-refractivity contribution in [2.45, 2.75) is 94.9 Å². The van der Waals surface area contributed by atoms with Crippen molar-refractivity contribution in [2.24, 2.45) is 29.1 Å². The van der Waals surface area contributed by atoms with E-state index in [0.29, 0.717) is 17.8 Å². The monoisotopic (exact) mass is 487 g/mol. The number of nitrogens with zero attached hydrogens (tertiary/aromatic N) is 1. The minimum absolute atomic E-state index is 0.00357. The Morgan fingerprint density at radius 3 is 2.38 bits per heavy atom. The number of aryl methyl sites for hydroxylation is 1. The number of carbonyl (C=O) groups excluding carboxylic acids is 1. The number of hydrogen-bond acceptors (Lipinski definition) is 4. The zero-order chi connectivity index (χ0) is 26.1. The van der Waals surface area contributed by atoms with Crippen molar-refractivity contribution < 1.29 is 9.53 Å². The summed E-state index contributed by atoms with van der Waals surface area (Å²) in [6.07, 6.45) is 11.0. The first-order chi connectivity index (χ1) is 15.8. The van der Waals surface area contributed by atoms with Gasteiger partial charge in [0.15, 0.2) is 0 Å². The van der Waals surface area contributed by atoms with Gasteiger partial charge in [0.25, 0.3) is 0 Å². The normalized spacial score (nSPS) is 17.3. The number of carbonyl (C=O) groups is 1. The first kappa shape index (κ1) is 30.4. The van der Waals surface area contributed by atoms with Crippen LogP contribution in [-0.4, -0.2) is 17.9 Å². The summed E-state index contributed by atoms with van der Waals surface area (Å²) in [5.41, 5.74) is 3.34. The lowest BCUT2D eigenvalue weighted by atomic mass is 9.72. The predicted molar refractivity (Wildman–Crippen MR) is 149 cm³/mol. The zero-order valence-electron chi connectivity index (χ0n) is 23.6. The van der Waals surface area contributed by atoms with Crippen LogP contribution >= 0.6 is 11.3 Å². The van der Waals surface area contributed by atoms with Crippen LogP contribution in [0, 0.1) is 36.0 Å². The van der Waals surface area contributed by atoms with E-state index < -0.39 is 5.41 Å². The van der Waals surface area contributed by atoms with Gasteiger partial charge in [0.1, 0.15) is 11.5 Å². The lowest BCUT2D eigenvalue weighted by Gasteiger charge is -2.33. The molecule has 1 heterocycles. The van der Waals surface area contributed by atoms with E-state index >= 15 is 0 Å². The van der Waals surface area contributed by atoms with Crippen LogP contribution in [0.3, 0.4) is 0 Å². The quantitative estimate of drug-likeness (QED) is 0.194. The van der Waals surface area contributed by atoms with Gasteiger partial charge in [-0.2, -0.15) is 0 Å². The molecule has 1 aromatic heterocycles. The Hall–Kier alpha value is -1.68. The number of Topliss-reactive ketones (excluding diaryl/α,β-unsaturated/α-hetero) is 1. The fourth-order valence-electron chi connectivity index (χ4n) is 4.61. The minimum atomic E-state index is -0.586.